The van der Waals surface area contributed by atoms with Gasteiger partial charge in [-0.05, 0) is 104 Å². The van der Waals surface area contributed by atoms with Gasteiger partial charge in [-0.3, -0.25) is 4.79 Å². The molecule has 8 atom stereocenters. The summed E-state index contributed by atoms with van der Waals surface area (Å²) in [5.74, 6) is 4.90. The predicted molar refractivity (Wildman–Crippen MR) is 122 cm³/mol. The molecule has 1 heteroatoms. The van der Waals surface area contributed by atoms with Gasteiger partial charge in [0, 0.05) is 6.42 Å². The standard InChI is InChI=1S/C28H42O/c1-18(2)19(3)7-8-20(4)24-11-12-25-23-10-9-21-17-22(29)13-15-27(21,5)26(23)14-16-28(24,25)6/h7-8,17,19-20,23-26H,1,9-16H2,2-6H3/t19-,20+,23-,24+,25-,26-,27-,28+/m0/s1. The predicted octanol–water partition coefficient (Wildman–Crippen LogP) is 7.54. The van der Waals surface area contributed by atoms with E-state index in [9.17, 15) is 4.79 Å². The van der Waals surface area contributed by atoms with Gasteiger partial charge in [-0.2, -0.15) is 0 Å². The molecule has 0 radical (unpaired) electrons. The van der Waals surface area contributed by atoms with Crippen molar-refractivity contribution in [2.45, 2.75) is 86.0 Å². The Morgan fingerprint density at radius 3 is 2.55 bits per heavy atom. The molecule has 0 aromatic heterocycles. The van der Waals surface area contributed by atoms with Crippen molar-refractivity contribution in [3.8, 4) is 0 Å². The fourth-order valence-electron chi connectivity index (χ4n) is 8.10. The van der Waals surface area contributed by atoms with Crippen LogP contribution in [-0.4, -0.2) is 5.78 Å². The highest BCUT2D eigenvalue weighted by Gasteiger charge is 2.59. The maximum Gasteiger partial charge on any atom is 0.155 e. The van der Waals surface area contributed by atoms with E-state index in [2.05, 4.69) is 53.3 Å². The summed E-state index contributed by atoms with van der Waals surface area (Å²) in [7, 11) is 0. The number of ketones is 1. The number of rotatable bonds is 4. The van der Waals surface area contributed by atoms with Gasteiger partial charge >= 0.3 is 0 Å². The molecule has 4 aliphatic rings. The van der Waals surface area contributed by atoms with E-state index in [1.807, 2.05) is 6.08 Å². The fourth-order valence-corrected chi connectivity index (χ4v) is 8.10. The van der Waals surface area contributed by atoms with Crippen LogP contribution in [-0.2, 0) is 4.79 Å². The van der Waals surface area contributed by atoms with Crippen molar-refractivity contribution in [1.29, 1.82) is 0 Å². The third-order valence-corrected chi connectivity index (χ3v) is 10.2. The largest absolute Gasteiger partial charge is 0.295 e. The first-order valence-electron chi connectivity index (χ1n) is 12.2. The maximum atomic E-state index is 12.0. The van der Waals surface area contributed by atoms with Crippen LogP contribution in [0.2, 0.25) is 0 Å². The topological polar surface area (TPSA) is 17.1 Å². The summed E-state index contributed by atoms with van der Waals surface area (Å²) in [6.07, 6.45) is 16.9. The molecule has 4 aliphatic carbocycles. The molecule has 3 fully saturated rings. The summed E-state index contributed by atoms with van der Waals surface area (Å²) in [5, 5.41) is 0. The van der Waals surface area contributed by atoms with Crippen molar-refractivity contribution in [1.82, 2.24) is 0 Å². The van der Waals surface area contributed by atoms with Gasteiger partial charge in [-0.25, -0.2) is 0 Å². The summed E-state index contributed by atoms with van der Waals surface area (Å²) in [4.78, 5) is 12.0. The van der Waals surface area contributed by atoms with Crippen molar-refractivity contribution >= 4 is 5.78 Å². The Balaban J connectivity index is 1.54. The van der Waals surface area contributed by atoms with Gasteiger partial charge in [0.1, 0.15) is 0 Å². The van der Waals surface area contributed by atoms with Crippen LogP contribution in [0, 0.1) is 46.3 Å². The molecule has 4 rings (SSSR count). The minimum Gasteiger partial charge on any atom is -0.295 e. The lowest BCUT2D eigenvalue weighted by Crippen LogP contribution is -2.50. The lowest BCUT2D eigenvalue weighted by molar-refractivity contribution is -0.117. The summed E-state index contributed by atoms with van der Waals surface area (Å²) < 4.78 is 0. The van der Waals surface area contributed by atoms with Crippen molar-refractivity contribution in [3.05, 3.63) is 36.0 Å². The van der Waals surface area contributed by atoms with Gasteiger partial charge in [-0.15, -0.1) is 0 Å². The van der Waals surface area contributed by atoms with Gasteiger partial charge in [-0.1, -0.05) is 57.6 Å². The Kier molecular flexibility index (Phi) is 5.50. The molecule has 0 aromatic rings. The first kappa shape index (κ1) is 21.1. The number of fused-ring (bicyclic) bond motifs is 5. The lowest BCUT2D eigenvalue weighted by Gasteiger charge is -2.58. The van der Waals surface area contributed by atoms with Crippen molar-refractivity contribution < 1.29 is 4.79 Å². The second-order valence-corrected chi connectivity index (χ2v) is 11.6. The molecule has 0 N–H and O–H groups in total. The van der Waals surface area contributed by atoms with Crippen LogP contribution in [0.25, 0.3) is 0 Å². The number of carbonyl (C=O) groups excluding carboxylic acids is 1. The van der Waals surface area contributed by atoms with E-state index < -0.39 is 0 Å². The van der Waals surface area contributed by atoms with E-state index in [-0.39, 0.29) is 0 Å². The maximum absolute atomic E-state index is 12.0. The number of allylic oxidation sites excluding steroid dienone is 4. The third kappa shape index (κ3) is 3.41. The van der Waals surface area contributed by atoms with Crippen molar-refractivity contribution in [2.24, 2.45) is 46.3 Å². The molecule has 0 heterocycles. The van der Waals surface area contributed by atoms with Crippen LogP contribution in [0.4, 0.5) is 0 Å². The van der Waals surface area contributed by atoms with Gasteiger partial charge in [0.05, 0.1) is 0 Å². The molecule has 0 bridgehead atoms. The normalized spacial score (nSPS) is 43.9. The molecule has 160 valence electrons. The zero-order valence-electron chi connectivity index (χ0n) is 19.5. The second-order valence-electron chi connectivity index (χ2n) is 11.6. The molecule has 0 saturated heterocycles. The highest BCUT2D eigenvalue weighted by molar-refractivity contribution is 5.91. The average Bonchev–Trinajstić information content (AvgIpc) is 3.03. The molecule has 0 aromatic carbocycles. The Bertz CT molecular complexity index is 741. The SMILES string of the molecule is C=C(C)[C@@H](C)C=C[C@@H](C)[C@H]1CC[C@H]2[C@@H]3CCC4=CC(=O)CC[C@]4(C)[C@H]3CC[C@]12C. The molecular formula is C28H42O. The highest BCUT2D eigenvalue weighted by atomic mass is 16.1. The second kappa shape index (κ2) is 7.54. The van der Waals surface area contributed by atoms with E-state index >= 15 is 0 Å². The summed E-state index contributed by atoms with van der Waals surface area (Å²) in [6, 6.07) is 0. The summed E-state index contributed by atoms with van der Waals surface area (Å²) >= 11 is 0. The zero-order chi connectivity index (χ0) is 21.0. The van der Waals surface area contributed by atoms with Gasteiger partial charge < -0.3 is 0 Å². The van der Waals surface area contributed by atoms with E-state index in [1.54, 1.807) is 0 Å². The Labute approximate surface area is 179 Å². The van der Waals surface area contributed by atoms with Crippen molar-refractivity contribution in [3.63, 3.8) is 0 Å². The quantitative estimate of drug-likeness (QED) is 0.450. The number of hydrogen-bond acceptors (Lipinski definition) is 1. The highest BCUT2D eigenvalue weighted by Crippen LogP contribution is 2.67. The van der Waals surface area contributed by atoms with Gasteiger partial charge in [0.15, 0.2) is 5.78 Å². The zero-order valence-corrected chi connectivity index (χ0v) is 19.5. The third-order valence-electron chi connectivity index (χ3n) is 10.2. The van der Waals surface area contributed by atoms with Crippen molar-refractivity contribution in [2.75, 3.05) is 0 Å². The summed E-state index contributed by atoms with van der Waals surface area (Å²) in [5.41, 5.74) is 3.56. The van der Waals surface area contributed by atoms with E-state index in [0.29, 0.717) is 28.4 Å². The Morgan fingerprint density at radius 1 is 1.07 bits per heavy atom. The molecule has 0 unspecified atom stereocenters. The molecule has 0 amide bonds. The van der Waals surface area contributed by atoms with Crippen LogP contribution < -0.4 is 0 Å². The average molecular weight is 395 g/mol. The molecule has 1 nitrogen and oxygen atoms in total. The minimum atomic E-state index is 0.304. The first-order valence-corrected chi connectivity index (χ1v) is 12.2. The Hall–Kier alpha value is -1.11. The van der Waals surface area contributed by atoms with Crippen LogP contribution in [0.1, 0.15) is 86.0 Å². The summed E-state index contributed by atoms with van der Waals surface area (Å²) in [6.45, 7) is 16.1. The fraction of sp³-hybridized carbons (Fsp3) is 0.750. The number of carbonyl (C=O) groups is 1. The van der Waals surface area contributed by atoms with E-state index in [4.69, 9.17) is 0 Å². The van der Waals surface area contributed by atoms with Crippen LogP contribution in [0.5, 0.6) is 0 Å². The first-order chi connectivity index (χ1) is 13.7. The van der Waals surface area contributed by atoms with Gasteiger partial charge in [0.2, 0.25) is 0 Å². The molecule has 0 spiro atoms. The van der Waals surface area contributed by atoms with E-state index in [1.165, 1.54) is 49.7 Å². The van der Waals surface area contributed by atoms with E-state index in [0.717, 1.165) is 36.5 Å². The van der Waals surface area contributed by atoms with Crippen LogP contribution in [0.3, 0.4) is 0 Å². The molecule has 3 saturated carbocycles. The number of hydrogen-bond donors (Lipinski definition) is 0. The Morgan fingerprint density at radius 2 is 1.83 bits per heavy atom. The van der Waals surface area contributed by atoms with Gasteiger partial charge in [0.25, 0.3) is 0 Å². The monoisotopic (exact) mass is 394 g/mol. The lowest BCUT2D eigenvalue weighted by atomic mass is 9.46. The minimum absolute atomic E-state index is 0.304. The van der Waals surface area contributed by atoms with Crippen LogP contribution in [0.15, 0.2) is 36.0 Å². The molecule has 29 heavy (non-hydrogen) atoms. The molecule has 0 aliphatic heterocycles. The van der Waals surface area contributed by atoms with Crippen LogP contribution >= 0.6 is 0 Å². The molecular weight excluding hydrogens is 352 g/mol. The smallest absolute Gasteiger partial charge is 0.155 e.